The van der Waals surface area contributed by atoms with Crippen LogP contribution >= 0.6 is 11.6 Å². The number of likely N-dealkylation sites (N-methyl/N-ethyl adjacent to an activating group) is 1. The number of anilines is 1. The number of nitrogens with one attached hydrogen (secondary N) is 1. The van der Waals surface area contributed by atoms with Crippen molar-refractivity contribution in [3.8, 4) is 11.5 Å². The molecule has 0 aliphatic rings. The van der Waals surface area contributed by atoms with Crippen molar-refractivity contribution in [2.45, 2.75) is 12.8 Å². The maximum Gasteiger partial charge on any atom is 0.244 e. The molecular weight excluding hydrogens is 416 g/mol. The quantitative estimate of drug-likeness (QED) is 0.577. The smallest absolute Gasteiger partial charge is 0.244 e. The third-order valence-corrected chi connectivity index (χ3v) is 5.37. The molecule has 162 valence electrons. The van der Waals surface area contributed by atoms with Crippen LogP contribution in [-0.4, -0.2) is 44.5 Å². The lowest BCUT2D eigenvalue weighted by Gasteiger charge is -2.22. The van der Waals surface area contributed by atoms with E-state index in [1.807, 2.05) is 43.3 Å². The predicted molar refractivity (Wildman–Crippen MR) is 123 cm³/mol. The molecule has 0 saturated carbocycles. The highest BCUT2D eigenvalue weighted by molar-refractivity contribution is 6.31. The van der Waals surface area contributed by atoms with Crippen LogP contribution in [0.1, 0.15) is 18.4 Å². The summed E-state index contributed by atoms with van der Waals surface area (Å²) in [5.41, 5.74) is 1.34. The maximum absolute atomic E-state index is 12.9. The van der Waals surface area contributed by atoms with Crippen molar-refractivity contribution in [3.05, 3.63) is 65.2 Å². The molecular formula is C24H25ClN2O4. The molecule has 0 fully saturated rings. The van der Waals surface area contributed by atoms with E-state index in [9.17, 15) is 9.59 Å². The molecule has 31 heavy (non-hydrogen) atoms. The summed E-state index contributed by atoms with van der Waals surface area (Å²) in [4.78, 5) is 26.8. The molecule has 3 aromatic carbocycles. The minimum atomic E-state index is -0.398. The van der Waals surface area contributed by atoms with Gasteiger partial charge in [-0.1, -0.05) is 35.9 Å². The fourth-order valence-electron chi connectivity index (χ4n) is 3.37. The maximum atomic E-state index is 12.9. The zero-order chi connectivity index (χ0) is 22.5. The number of ether oxygens (including phenoxy) is 2. The summed E-state index contributed by atoms with van der Waals surface area (Å²) in [7, 11) is 4.75. The van der Waals surface area contributed by atoms with E-state index in [-0.39, 0.29) is 18.4 Å². The van der Waals surface area contributed by atoms with Crippen molar-refractivity contribution < 1.29 is 19.1 Å². The lowest BCUT2D eigenvalue weighted by Crippen LogP contribution is -2.37. The van der Waals surface area contributed by atoms with E-state index in [4.69, 9.17) is 21.1 Å². The van der Waals surface area contributed by atoms with Crippen LogP contribution in [0.4, 0.5) is 5.69 Å². The number of benzene rings is 3. The second kappa shape index (κ2) is 9.71. The SMILES string of the molecule is COc1ccc2cc([C@@H](C)C(=O)N(C)CC(=O)Nc3cc(Cl)ccc3OC)ccc2c1. The van der Waals surface area contributed by atoms with Crippen LogP contribution in [0, 0.1) is 0 Å². The number of hydrogen-bond acceptors (Lipinski definition) is 4. The first kappa shape index (κ1) is 22.4. The largest absolute Gasteiger partial charge is 0.497 e. The molecule has 2 amide bonds. The number of rotatable bonds is 7. The third kappa shape index (κ3) is 5.27. The number of halogens is 1. The predicted octanol–water partition coefficient (Wildman–Crippen LogP) is 4.71. The first-order valence-corrected chi connectivity index (χ1v) is 10.2. The highest BCUT2D eigenvalue weighted by Crippen LogP contribution is 2.28. The summed E-state index contributed by atoms with van der Waals surface area (Å²) in [5.74, 6) is 0.389. The average molecular weight is 441 g/mol. The van der Waals surface area contributed by atoms with Crippen LogP contribution in [0.25, 0.3) is 10.8 Å². The number of fused-ring (bicyclic) bond motifs is 1. The van der Waals surface area contributed by atoms with Gasteiger partial charge < -0.3 is 19.7 Å². The Morgan fingerprint density at radius 3 is 2.42 bits per heavy atom. The average Bonchev–Trinajstić information content (AvgIpc) is 2.77. The highest BCUT2D eigenvalue weighted by atomic mass is 35.5. The van der Waals surface area contributed by atoms with Gasteiger partial charge in [-0.15, -0.1) is 0 Å². The minimum Gasteiger partial charge on any atom is -0.497 e. The summed E-state index contributed by atoms with van der Waals surface area (Å²) < 4.78 is 10.5. The monoisotopic (exact) mass is 440 g/mol. The standard InChI is InChI=1S/C24H25ClN2O4/c1-15(16-5-6-18-12-20(30-3)9-7-17(18)11-16)24(29)27(2)14-23(28)26-21-13-19(25)8-10-22(21)31-4/h5-13,15H,14H2,1-4H3,(H,26,28)/t15-/m1/s1. The Bertz CT molecular complexity index is 1120. The Kier molecular flexibility index (Phi) is 7.02. The number of nitrogens with zero attached hydrogens (tertiary/aromatic N) is 1. The molecule has 0 unspecified atom stereocenters. The topological polar surface area (TPSA) is 67.9 Å². The molecule has 1 atom stereocenters. The van der Waals surface area contributed by atoms with E-state index in [1.165, 1.54) is 12.0 Å². The van der Waals surface area contributed by atoms with Crippen molar-refractivity contribution in [2.75, 3.05) is 33.1 Å². The van der Waals surface area contributed by atoms with Gasteiger partial charge in [0.05, 0.1) is 32.4 Å². The normalized spacial score (nSPS) is 11.6. The molecule has 0 aliphatic heterocycles. The van der Waals surface area contributed by atoms with Gasteiger partial charge in [0, 0.05) is 12.1 Å². The summed E-state index contributed by atoms with van der Waals surface area (Å²) in [6, 6.07) is 16.6. The van der Waals surface area contributed by atoms with Gasteiger partial charge in [-0.2, -0.15) is 0 Å². The molecule has 6 nitrogen and oxygen atoms in total. The fraction of sp³-hybridized carbons (Fsp3) is 0.250. The second-order valence-corrected chi connectivity index (χ2v) is 7.72. The van der Waals surface area contributed by atoms with Crippen LogP contribution in [0.15, 0.2) is 54.6 Å². The Labute approximate surface area is 186 Å². The van der Waals surface area contributed by atoms with E-state index < -0.39 is 5.92 Å². The van der Waals surface area contributed by atoms with Gasteiger partial charge in [-0.3, -0.25) is 9.59 Å². The first-order chi connectivity index (χ1) is 14.8. The van der Waals surface area contributed by atoms with Crippen molar-refractivity contribution in [1.82, 2.24) is 4.90 Å². The molecule has 0 aromatic heterocycles. The van der Waals surface area contributed by atoms with E-state index in [2.05, 4.69) is 5.32 Å². The van der Waals surface area contributed by atoms with Gasteiger partial charge in [-0.25, -0.2) is 0 Å². The lowest BCUT2D eigenvalue weighted by atomic mass is 9.96. The van der Waals surface area contributed by atoms with Crippen LogP contribution in [0.2, 0.25) is 5.02 Å². The van der Waals surface area contributed by atoms with Crippen LogP contribution in [0.5, 0.6) is 11.5 Å². The molecule has 0 bridgehead atoms. The van der Waals surface area contributed by atoms with Crippen molar-refractivity contribution >= 4 is 39.9 Å². The lowest BCUT2D eigenvalue weighted by molar-refractivity contribution is -0.134. The summed E-state index contributed by atoms with van der Waals surface area (Å²) in [6.07, 6.45) is 0. The van der Waals surface area contributed by atoms with E-state index in [1.54, 1.807) is 32.4 Å². The van der Waals surface area contributed by atoms with Crippen LogP contribution in [-0.2, 0) is 9.59 Å². The summed E-state index contributed by atoms with van der Waals surface area (Å²) in [6.45, 7) is 1.74. The molecule has 0 spiro atoms. The molecule has 0 aliphatic carbocycles. The molecule has 0 radical (unpaired) electrons. The van der Waals surface area contributed by atoms with Gasteiger partial charge >= 0.3 is 0 Å². The molecule has 3 aromatic rings. The molecule has 0 heterocycles. The number of carbonyl (C=O) groups is 2. The van der Waals surface area contributed by atoms with Crippen molar-refractivity contribution in [3.63, 3.8) is 0 Å². The van der Waals surface area contributed by atoms with Crippen LogP contribution in [0.3, 0.4) is 0 Å². The molecule has 3 rings (SSSR count). The first-order valence-electron chi connectivity index (χ1n) is 9.78. The highest BCUT2D eigenvalue weighted by Gasteiger charge is 2.22. The van der Waals surface area contributed by atoms with E-state index in [0.29, 0.717) is 16.5 Å². The van der Waals surface area contributed by atoms with Gasteiger partial charge in [0.15, 0.2) is 0 Å². The second-order valence-electron chi connectivity index (χ2n) is 7.28. The van der Waals surface area contributed by atoms with Crippen molar-refractivity contribution in [1.29, 1.82) is 0 Å². The van der Waals surface area contributed by atoms with Gasteiger partial charge in [0.1, 0.15) is 11.5 Å². The Morgan fingerprint density at radius 2 is 1.71 bits per heavy atom. The van der Waals surface area contributed by atoms with Gasteiger partial charge in [-0.05, 0) is 53.6 Å². The van der Waals surface area contributed by atoms with Gasteiger partial charge in [0.25, 0.3) is 0 Å². The van der Waals surface area contributed by atoms with E-state index in [0.717, 1.165) is 22.1 Å². The number of hydrogen-bond donors (Lipinski definition) is 1. The molecule has 0 saturated heterocycles. The van der Waals surface area contributed by atoms with Crippen LogP contribution < -0.4 is 14.8 Å². The summed E-state index contributed by atoms with van der Waals surface area (Å²) in [5, 5.41) is 5.28. The third-order valence-electron chi connectivity index (χ3n) is 5.13. The zero-order valence-corrected chi connectivity index (χ0v) is 18.7. The van der Waals surface area contributed by atoms with Crippen molar-refractivity contribution in [2.24, 2.45) is 0 Å². The summed E-state index contributed by atoms with van der Waals surface area (Å²) >= 11 is 6.00. The van der Waals surface area contributed by atoms with Gasteiger partial charge in [0.2, 0.25) is 11.8 Å². The number of methoxy groups -OCH3 is 2. The molecule has 7 heteroatoms. The fourth-order valence-corrected chi connectivity index (χ4v) is 3.54. The Hall–Kier alpha value is -3.25. The van der Waals surface area contributed by atoms with E-state index >= 15 is 0 Å². The Balaban J connectivity index is 1.68. The number of amides is 2. The molecule has 1 N–H and O–H groups in total. The Morgan fingerprint density at radius 1 is 1.00 bits per heavy atom. The minimum absolute atomic E-state index is 0.0936. The zero-order valence-electron chi connectivity index (χ0n) is 17.9. The number of carbonyl (C=O) groups excluding carboxylic acids is 2.